The molecule has 0 spiro atoms. The van der Waals surface area contributed by atoms with Crippen molar-refractivity contribution in [2.24, 2.45) is 0 Å². The lowest BCUT2D eigenvalue weighted by Crippen LogP contribution is -2.35. The van der Waals surface area contributed by atoms with E-state index in [4.69, 9.17) is 16.0 Å². The van der Waals surface area contributed by atoms with Crippen molar-refractivity contribution in [3.05, 3.63) is 35.0 Å². The van der Waals surface area contributed by atoms with E-state index >= 15 is 0 Å². The van der Waals surface area contributed by atoms with Crippen LogP contribution in [0.3, 0.4) is 0 Å². The lowest BCUT2D eigenvalue weighted by molar-refractivity contribution is 0.333. The van der Waals surface area contributed by atoms with Crippen LogP contribution in [0.2, 0.25) is 5.02 Å². The van der Waals surface area contributed by atoms with Gasteiger partial charge in [-0.1, -0.05) is 18.0 Å². The summed E-state index contributed by atoms with van der Waals surface area (Å²) in [4.78, 5) is 4.01. The minimum absolute atomic E-state index is 0.0915. The first-order chi connectivity index (χ1) is 11.0. The molecule has 0 N–H and O–H groups in total. The van der Waals surface area contributed by atoms with Crippen LogP contribution in [0.5, 0.6) is 0 Å². The van der Waals surface area contributed by atoms with E-state index in [1.54, 1.807) is 30.3 Å². The summed E-state index contributed by atoms with van der Waals surface area (Å²) in [7, 11) is -3.84. The maximum Gasteiger partial charge on any atom is 0.279 e. The average Bonchev–Trinajstić information content (AvgIpc) is 3.01. The van der Waals surface area contributed by atoms with Gasteiger partial charge in [-0.2, -0.15) is 14.6 Å². The van der Waals surface area contributed by atoms with Gasteiger partial charge in [-0.3, -0.25) is 0 Å². The van der Waals surface area contributed by atoms with E-state index in [9.17, 15) is 13.7 Å². The highest BCUT2D eigenvalue weighted by atomic mass is 35.5. The van der Waals surface area contributed by atoms with Crippen LogP contribution in [0.1, 0.15) is 25.0 Å². The van der Waals surface area contributed by atoms with Crippen molar-refractivity contribution in [3.8, 4) is 17.5 Å². The van der Waals surface area contributed by atoms with Gasteiger partial charge in [0, 0.05) is 23.7 Å². The lowest BCUT2D eigenvalue weighted by atomic mass is 10.2. The van der Waals surface area contributed by atoms with E-state index in [1.165, 1.54) is 4.31 Å². The Morgan fingerprint density at radius 1 is 1.17 bits per heavy atom. The predicted octanol–water partition coefficient (Wildman–Crippen LogP) is 3.04. The highest BCUT2D eigenvalue weighted by Gasteiger charge is 2.33. The monoisotopic (exact) mass is 351 g/mol. The zero-order valence-corrected chi connectivity index (χ0v) is 13.8. The van der Waals surface area contributed by atoms with Crippen molar-refractivity contribution >= 4 is 21.6 Å². The number of nitriles is 1. The maximum absolute atomic E-state index is 12.7. The van der Waals surface area contributed by atoms with Crippen molar-refractivity contribution in [2.45, 2.75) is 24.4 Å². The van der Waals surface area contributed by atoms with Gasteiger partial charge in [0.15, 0.2) is 5.69 Å². The minimum atomic E-state index is -3.84. The molecule has 0 amide bonds. The van der Waals surface area contributed by atoms with Crippen LogP contribution in [0.25, 0.3) is 11.5 Å². The third-order valence-electron chi connectivity index (χ3n) is 3.68. The first-order valence-electron chi connectivity index (χ1n) is 7.19. The van der Waals surface area contributed by atoms with Gasteiger partial charge in [0.1, 0.15) is 6.07 Å². The Balaban J connectivity index is 2.02. The molecule has 1 aliphatic heterocycles. The molecule has 0 atom stereocenters. The van der Waals surface area contributed by atoms with Gasteiger partial charge < -0.3 is 4.42 Å². The minimum Gasteiger partial charge on any atom is -0.422 e. The van der Waals surface area contributed by atoms with Gasteiger partial charge >= 0.3 is 0 Å². The van der Waals surface area contributed by atoms with Gasteiger partial charge in [0.05, 0.1) is 0 Å². The summed E-state index contributed by atoms with van der Waals surface area (Å²) in [6.07, 6.45) is 2.61. The van der Waals surface area contributed by atoms with Gasteiger partial charge in [-0.15, -0.1) is 0 Å². The zero-order valence-electron chi connectivity index (χ0n) is 12.2. The van der Waals surface area contributed by atoms with Crippen LogP contribution in [-0.2, 0) is 10.0 Å². The lowest BCUT2D eigenvalue weighted by Gasteiger charge is -2.24. The number of rotatable bonds is 3. The quantitative estimate of drug-likeness (QED) is 0.848. The number of halogens is 1. The summed E-state index contributed by atoms with van der Waals surface area (Å²) in [5.41, 5.74) is 0.339. The molecule has 3 rings (SSSR count). The number of hydrogen-bond donors (Lipinski definition) is 0. The number of aromatic nitrogens is 1. The highest BCUT2D eigenvalue weighted by Crippen LogP contribution is 2.29. The number of oxazole rings is 1. The Bertz CT molecular complexity index is 847. The third-order valence-corrected chi connectivity index (χ3v) is 5.72. The Morgan fingerprint density at radius 2 is 1.83 bits per heavy atom. The number of hydrogen-bond acceptors (Lipinski definition) is 5. The smallest absolute Gasteiger partial charge is 0.279 e. The molecule has 6 nitrogen and oxygen atoms in total. The summed E-state index contributed by atoms with van der Waals surface area (Å²) >= 11 is 5.83. The van der Waals surface area contributed by atoms with Crippen molar-refractivity contribution in [1.29, 1.82) is 5.26 Å². The van der Waals surface area contributed by atoms with Crippen molar-refractivity contribution < 1.29 is 12.8 Å². The largest absolute Gasteiger partial charge is 0.422 e. The molecule has 23 heavy (non-hydrogen) atoms. The van der Waals surface area contributed by atoms with Gasteiger partial charge in [0.25, 0.3) is 15.1 Å². The maximum atomic E-state index is 12.7. The number of nitrogens with zero attached hydrogens (tertiary/aromatic N) is 3. The summed E-state index contributed by atoms with van der Waals surface area (Å²) in [6.45, 7) is 0.869. The third kappa shape index (κ3) is 3.11. The van der Waals surface area contributed by atoms with Crippen LogP contribution >= 0.6 is 11.6 Å². The van der Waals surface area contributed by atoms with Gasteiger partial charge in [-0.25, -0.2) is 8.42 Å². The van der Waals surface area contributed by atoms with E-state index in [2.05, 4.69) is 4.98 Å². The summed E-state index contributed by atoms with van der Waals surface area (Å²) < 4.78 is 32.2. The average molecular weight is 352 g/mol. The second-order valence-electron chi connectivity index (χ2n) is 5.24. The number of benzene rings is 1. The molecule has 0 aliphatic carbocycles. The topological polar surface area (TPSA) is 87.2 Å². The molecule has 120 valence electrons. The van der Waals surface area contributed by atoms with Crippen LogP contribution in [-0.4, -0.2) is 30.8 Å². The van der Waals surface area contributed by atoms with E-state index in [0.29, 0.717) is 23.7 Å². The zero-order chi connectivity index (χ0) is 16.4. The standard InChI is InChI=1S/C15H14ClN3O3S/c16-12-6-4-11(5-7-12)14-18-13(10-17)15(22-14)23(20,21)19-8-2-1-3-9-19/h4-7H,1-3,8-9H2. The second kappa shape index (κ2) is 6.32. The molecule has 1 aromatic carbocycles. The molecule has 1 aliphatic rings. The van der Waals surface area contributed by atoms with Crippen LogP contribution < -0.4 is 0 Å². The molecule has 0 saturated carbocycles. The van der Waals surface area contributed by atoms with Crippen LogP contribution in [0.4, 0.5) is 0 Å². The molecule has 1 aromatic heterocycles. The molecule has 1 fully saturated rings. The predicted molar refractivity (Wildman–Crippen MR) is 84.3 cm³/mol. The molecule has 2 heterocycles. The highest BCUT2D eigenvalue weighted by molar-refractivity contribution is 7.89. The van der Waals surface area contributed by atoms with Gasteiger partial charge in [-0.05, 0) is 37.1 Å². The van der Waals surface area contributed by atoms with E-state index < -0.39 is 10.0 Å². The van der Waals surface area contributed by atoms with Crippen molar-refractivity contribution in [2.75, 3.05) is 13.1 Å². The van der Waals surface area contributed by atoms with E-state index in [1.807, 2.05) is 0 Å². The first-order valence-corrected chi connectivity index (χ1v) is 9.01. The van der Waals surface area contributed by atoms with E-state index in [0.717, 1.165) is 19.3 Å². The van der Waals surface area contributed by atoms with Crippen molar-refractivity contribution in [3.63, 3.8) is 0 Å². The van der Waals surface area contributed by atoms with Crippen molar-refractivity contribution in [1.82, 2.24) is 9.29 Å². The molecule has 8 heteroatoms. The molecule has 1 saturated heterocycles. The van der Waals surface area contributed by atoms with Crippen LogP contribution in [0.15, 0.2) is 33.8 Å². The molecule has 0 unspecified atom stereocenters. The normalized spacial score (nSPS) is 16.2. The Kier molecular flexibility index (Phi) is 4.39. The first kappa shape index (κ1) is 16.0. The number of piperidine rings is 1. The Hall–Kier alpha value is -1.88. The Morgan fingerprint density at radius 3 is 2.43 bits per heavy atom. The molecular formula is C15H14ClN3O3S. The van der Waals surface area contributed by atoms with E-state index in [-0.39, 0.29) is 16.7 Å². The summed E-state index contributed by atoms with van der Waals surface area (Å²) in [5, 5.41) is 9.37. The Labute approximate surface area is 139 Å². The fraction of sp³-hybridized carbons (Fsp3) is 0.333. The second-order valence-corrected chi connectivity index (χ2v) is 7.51. The van der Waals surface area contributed by atoms with Gasteiger partial charge in [0.2, 0.25) is 5.89 Å². The number of sulfonamides is 1. The summed E-state index contributed by atoms with van der Waals surface area (Å²) in [6, 6.07) is 8.41. The molecular weight excluding hydrogens is 338 g/mol. The fourth-order valence-corrected chi connectivity index (χ4v) is 4.11. The molecule has 0 bridgehead atoms. The molecule has 0 radical (unpaired) electrons. The molecule has 2 aromatic rings. The summed E-state index contributed by atoms with van der Waals surface area (Å²) in [5.74, 6) is 0.0915. The fourth-order valence-electron chi connectivity index (χ4n) is 2.49. The SMILES string of the molecule is N#Cc1nc(-c2ccc(Cl)cc2)oc1S(=O)(=O)N1CCCCC1. The van der Waals surface area contributed by atoms with Crippen LogP contribution in [0, 0.1) is 11.3 Å².